The summed E-state index contributed by atoms with van der Waals surface area (Å²) in [4.78, 5) is 11.0. The highest BCUT2D eigenvalue weighted by molar-refractivity contribution is 5.89. The van der Waals surface area contributed by atoms with Gasteiger partial charge in [-0.3, -0.25) is 0 Å². The number of rotatable bonds is 3. The van der Waals surface area contributed by atoms with Gasteiger partial charge in [-0.25, -0.2) is 13.9 Å². The van der Waals surface area contributed by atoms with Gasteiger partial charge in [-0.2, -0.15) is 5.10 Å². The molecule has 0 atom stereocenters. The second kappa shape index (κ2) is 4.48. The Morgan fingerprint density at radius 3 is 2.78 bits per heavy atom. The summed E-state index contributed by atoms with van der Waals surface area (Å²) in [5.74, 6) is -1.36. The molecule has 0 fully saturated rings. The number of carboxylic acids is 1. The molecule has 0 aliphatic rings. The molecule has 2 rings (SSSR count). The van der Waals surface area contributed by atoms with Gasteiger partial charge < -0.3 is 10.8 Å². The molecule has 5 nitrogen and oxygen atoms in total. The second-order valence-electron chi connectivity index (χ2n) is 3.76. The lowest BCUT2D eigenvalue weighted by Crippen LogP contribution is -2.03. The Balaban J connectivity index is 2.62. The average molecular weight is 249 g/mol. The lowest BCUT2D eigenvalue weighted by Gasteiger charge is -2.04. The van der Waals surface area contributed by atoms with Crippen LogP contribution in [0, 0.1) is 5.82 Å². The molecule has 18 heavy (non-hydrogen) atoms. The summed E-state index contributed by atoms with van der Waals surface area (Å²) in [5, 5.41) is 12.9. The van der Waals surface area contributed by atoms with Gasteiger partial charge in [0.1, 0.15) is 11.6 Å². The Bertz CT molecular complexity index is 607. The fourth-order valence-electron chi connectivity index (χ4n) is 1.79. The summed E-state index contributed by atoms with van der Waals surface area (Å²) in [6.07, 6.45) is 0.447. The van der Waals surface area contributed by atoms with Gasteiger partial charge >= 0.3 is 5.97 Å². The topological polar surface area (TPSA) is 81.1 Å². The van der Waals surface area contributed by atoms with E-state index in [0.717, 1.165) is 0 Å². The van der Waals surface area contributed by atoms with E-state index in [0.29, 0.717) is 17.7 Å². The number of nitrogens with zero attached hydrogens (tertiary/aromatic N) is 2. The van der Waals surface area contributed by atoms with Crippen LogP contribution in [0.3, 0.4) is 0 Å². The van der Waals surface area contributed by atoms with Crippen molar-refractivity contribution in [3.05, 3.63) is 41.3 Å². The van der Waals surface area contributed by atoms with E-state index in [9.17, 15) is 9.18 Å². The van der Waals surface area contributed by atoms with Crippen LogP contribution < -0.4 is 5.73 Å². The molecule has 0 aliphatic heterocycles. The van der Waals surface area contributed by atoms with E-state index in [2.05, 4.69) is 5.10 Å². The molecule has 0 bridgehead atoms. The number of carbonyl (C=O) groups is 1. The zero-order valence-electron chi connectivity index (χ0n) is 9.72. The van der Waals surface area contributed by atoms with Crippen molar-refractivity contribution < 1.29 is 14.3 Å². The maximum Gasteiger partial charge on any atom is 0.356 e. The third kappa shape index (κ3) is 1.92. The molecule has 0 spiro atoms. The quantitative estimate of drug-likeness (QED) is 0.869. The van der Waals surface area contributed by atoms with Crippen LogP contribution in [0.5, 0.6) is 0 Å². The van der Waals surface area contributed by atoms with Crippen LogP contribution in [0.2, 0.25) is 0 Å². The number of halogens is 1. The SMILES string of the molecule is CCc1c(C(=O)O)nn(-c2cccc(F)c2)c1N. The van der Waals surface area contributed by atoms with Crippen LogP contribution in [-0.4, -0.2) is 20.9 Å². The first kappa shape index (κ1) is 12.1. The highest BCUT2D eigenvalue weighted by Gasteiger charge is 2.20. The van der Waals surface area contributed by atoms with Gasteiger partial charge in [0.25, 0.3) is 0 Å². The molecule has 2 aromatic rings. The van der Waals surface area contributed by atoms with Crippen LogP contribution in [0.1, 0.15) is 23.0 Å². The van der Waals surface area contributed by atoms with Crippen LogP contribution in [-0.2, 0) is 6.42 Å². The van der Waals surface area contributed by atoms with Crippen LogP contribution >= 0.6 is 0 Å². The van der Waals surface area contributed by atoms with E-state index in [1.165, 1.54) is 22.9 Å². The largest absolute Gasteiger partial charge is 0.476 e. The summed E-state index contributed by atoms with van der Waals surface area (Å²) < 4.78 is 14.4. The van der Waals surface area contributed by atoms with Gasteiger partial charge in [-0.15, -0.1) is 0 Å². The molecule has 1 heterocycles. The van der Waals surface area contributed by atoms with Crippen LogP contribution in [0.15, 0.2) is 24.3 Å². The number of aromatic nitrogens is 2. The lowest BCUT2D eigenvalue weighted by molar-refractivity contribution is 0.0689. The van der Waals surface area contributed by atoms with E-state index in [1.807, 2.05) is 0 Å². The Morgan fingerprint density at radius 2 is 2.28 bits per heavy atom. The molecule has 3 N–H and O–H groups in total. The minimum atomic E-state index is -1.14. The molecule has 0 saturated heterocycles. The molecule has 0 unspecified atom stereocenters. The number of benzene rings is 1. The summed E-state index contributed by atoms with van der Waals surface area (Å²) in [7, 11) is 0. The van der Waals surface area contributed by atoms with Crippen molar-refractivity contribution >= 4 is 11.8 Å². The number of nitrogen functional groups attached to an aromatic ring is 1. The van der Waals surface area contributed by atoms with E-state index >= 15 is 0 Å². The van der Waals surface area contributed by atoms with Crippen LogP contribution in [0.4, 0.5) is 10.2 Å². The zero-order chi connectivity index (χ0) is 13.3. The van der Waals surface area contributed by atoms with Gasteiger partial charge in [-0.1, -0.05) is 13.0 Å². The molecular weight excluding hydrogens is 237 g/mol. The Kier molecular flexibility index (Phi) is 3.01. The minimum absolute atomic E-state index is 0.0979. The summed E-state index contributed by atoms with van der Waals surface area (Å²) >= 11 is 0. The van der Waals surface area contributed by atoms with Crippen molar-refractivity contribution in [2.45, 2.75) is 13.3 Å². The first-order valence-corrected chi connectivity index (χ1v) is 5.41. The molecular formula is C12H12FN3O2. The predicted octanol–water partition coefficient (Wildman–Crippen LogP) is 1.85. The smallest absolute Gasteiger partial charge is 0.356 e. The van der Waals surface area contributed by atoms with Gasteiger partial charge in [0, 0.05) is 5.56 Å². The minimum Gasteiger partial charge on any atom is -0.476 e. The molecule has 1 aromatic carbocycles. The summed E-state index contributed by atoms with van der Waals surface area (Å²) in [5.41, 5.74) is 6.60. The van der Waals surface area contributed by atoms with Crippen molar-refractivity contribution in [2.24, 2.45) is 0 Å². The average Bonchev–Trinajstić information content (AvgIpc) is 2.66. The normalized spacial score (nSPS) is 10.6. The first-order chi connectivity index (χ1) is 8.54. The highest BCUT2D eigenvalue weighted by Crippen LogP contribution is 2.22. The van der Waals surface area contributed by atoms with Crippen molar-refractivity contribution in [1.29, 1.82) is 0 Å². The first-order valence-electron chi connectivity index (χ1n) is 5.41. The van der Waals surface area contributed by atoms with E-state index in [4.69, 9.17) is 10.8 Å². The van der Waals surface area contributed by atoms with Crippen molar-refractivity contribution in [3.63, 3.8) is 0 Å². The zero-order valence-corrected chi connectivity index (χ0v) is 9.72. The van der Waals surface area contributed by atoms with Gasteiger partial charge in [-0.05, 0) is 24.6 Å². The summed E-state index contributed by atoms with van der Waals surface area (Å²) in [6, 6.07) is 5.66. The van der Waals surface area contributed by atoms with E-state index in [-0.39, 0.29) is 11.5 Å². The second-order valence-corrected chi connectivity index (χ2v) is 3.76. The van der Waals surface area contributed by atoms with E-state index < -0.39 is 11.8 Å². The number of aromatic carboxylic acids is 1. The standard InChI is InChI=1S/C12H12FN3O2/c1-2-9-10(12(17)18)15-16(11(9)14)8-5-3-4-7(13)6-8/h3-6H,2,14H2,1H3,(H,17,18). The molecule has 0 radical (unpaired) electrons. The molecule has 6 heteroatoms. The van der Waals surface area contributed by atoms with E-state index in [1.54, 1.807) is 13.0 Å². The van der Waals surface area contributed by atoms with Gasteiger partial charge in [0.05, 0.1) is 5.69 Å². The Hall–Kier alpha value is -2.37. The van der Waals surface area contributed by atoms with Crippen LogP contribution in [0.25, 0.3) is 5.69 Å². The lowest BCUT2D eigenvalue weighted by atomic mass is 10.2. The van der Waals surface area contributed by atoms with Crippen molar-refractivity contribution in [3.8, 4) is 5.69 Å². The maximum atomic E-state index is 13.1. The van der Waals surface area contributed by atoms with Gasteiger partial charge in [0.15, 0.2) is 5.69 Å². The number of nitrogens with two attached hydrogens (primary N) is 1. The Labute approximate surface area is 103 Å². The molecule has 1 aromatic heterocycles. The van der Waals surface area contributed by atoms with Crippen molar-refractivity contribution in [2.75, 3.05) is 5.73 Å². The number of anilines is 1. The molecule has 94 valence electrons. The van der Waals surface area contributed by atoms with Crippen molar-refractivity contribution in [1.82, 2.24) is 9.78 Å². The number of hydrogen-bond donors (Lipinski definition) is 2. The highest BCUT2D eigenvalue weighted by atomic mass is 19.1. The monoisotopic (exact) mass is 249 g/mol. The molecule has 0 amide bonds. The molecule has 0 saturated carbocycles. The predicted molar refractivity (Wildman–Crippen MR) is 64.3 cm³/mol. The fraction of sp³-hybridized carbons (Fsp3) is 0.167. The Morgan fingerprint density at radius 1 is 1.56 bits per heavy atom. The summed E-state index contributed by atoms with van der Waals surface area (Å²) in [6.45, 7) is 1.79. The number of hydrogen-bond acceptors (Lipinski definition) is 3. The number of carboxylic acid groups (broad SMARTS) is 1. The maximum absolute atomic E-state index is 13.1. The third-order valence-electron chi connectivity index (χ3n) is 2.63. The third-order valence-corrected chi connectivity index (χ3v) is 2.63. The van der Waals surface area contributed by atoms with Gasteiger partial charge in [0.2, 0.25) is 0 Å². The molecule has 0 aliphatic carbocycles. The fourth-order valence-corrected chi connectivity index (χ4v) is 1.79.